The summed E-state index contributed by atoms with van der Waals surface area (Å²) in [5.74, 6) is 2.81. The molecule has 0 aromatic heterocycles. The molecule has 1 N–H and O–H groups in total. The fraction of sp³-hybridized carbons (Fsp3) is 0.893. The number of rotatable bonds is 7. The van der Waals surface area contributed by atoms with E-state index in [2.05, 4.69) is 23.5 Å². The maximum Gasteiger partial charge on any atom is 0.334 e. The molecule has 0 aromatic rings. The van der Waals surface area contributed by atoms with Crippen LogP contribution >= 0.6 is 24.4 Å². The van der Waals surface area contributed by atoms with Crippen LogP contribution in [0.2, 0.25) is 0 Å². The first kappa shape index (κ1) is 30.6. The molecule has 7 atom stereocenters. The van der Waals surface area contributed by atoms with E-state index in [0.29, 0.717) is 42.7 Å². The summed E-state index contributed by atoms with van der Waals surface area (Å²) >= 11 is 1.36. The van der Waals surface area contributed by atoms with Crippen molar-refractivity contribution in [3.05, 3.63) is 0 Å². The van der Waals surface area contributed by atoms with Crippen molar-refractivity contribution in [2.75, 3.05) is 40.0 Å². The highest BCUT2D eigenvalue weighted by Gasteiger charge is 2.62. The number of halogens is 1. The van der Waals surface area contributed by atoms with Crippen LogP contribution in [0, 0.1) is 34.5 Å². The van der Waals surface area contributed by atoms with Crippen molar-refractivity contribution in [2.24, 2.45) is 34.5 Å². The van der Waals surface area contributed by atoms with Crippen molar-refractivity contribution in [1.29, 1.82) is 0 Å². The largest absolute Gasteiger partial charge is 0.342 e. The third-order valence-corrected chi connectivity index (χ3v) is 11.3. The van der Waals surface area contributed by atoms with Gasteiger partial charge in [-0.1, -0.05) is 20.8 Å². The fourth-order valence-corrected chi connectivity index (χ4v) is 9.17. The first-order valence-corrected chi connectivity index (χ1v) is 15.2. The number of urea groups is 1. The van der Waals surface area contributed by atoms with Crippen LogP contribution in [0.15, 0.2) is 0 Å². The quantitative estimate of drug-likeness (QED) is 0.444. The Labute approximate surface area is 234 Å². The third-order valence-electron chi connectivity index (χ3n) is 10.7. The zero-order valence-corrected chi connectivity index (χ0v) is 25.4. The summed E-state index contributed by atoms with van der Waals surface area (Å²) in [5, 5.41) is 0. The third kappa shape index (κ3) is 5.54. The van der Waals surface area contributed by atoms with Crippen molar-refractivity contribution in [1.82, 2.24) is 19.4 Å². The second-order valence-corrected chi connectivity index (χ2v) is 13.7. The molecule has 0 spiro atoms. The van der Waals surface area contributed by atoms with Gasteiger partial charge in [0, 0.05) is 37.7 Å². The maximum absolute atomic E-state index is 14.0. The highest BCUT2D eigenvalue weighted by molar-refractivity contribution is 7.97. The van der Waals surface area contributed by atoms with Gasteiger partial charge in [-0.2, -0.15) is 0 Å². The van der Waals surface area contributed by atoms with Gasteiger partial charge in [-0.05, 0) is 113 Å². The van der Waals surface area contributed by atoms with Crippen molar-refractivity contribution in [3.8, 4) is 0 Å². The number of carbonyl (C=O) groups is 3. The lowest BCUT2D eigenvalue weighted by Crippen LogP contribution is -2.61. The number of amides is 4. The average molecular weight is 557 g/mol. The van der Waals surface area contributed by atoms with E-state index in [9.17, 15) is 14.4 Å². The highest BCUT2D eigenvalue weighted by atomic mass is 35.5. The number of fused-ring (bicyclic) bond motifs is 5. The molecule has 3 saturated carbocycles. The summed E-state index contributed by atoms with van der Waals surface area (Å²) in [6.07, 6.45) is 8.85. The first-order valence-electron chi connectivity index (χ1n) is 14.2. The minimum Gasteiger partial charge on any atom is -0.342 e. The topological polar surface area (TPSA) is 73.0 Å². The smallest absolute Gasteiger partial charge is 0.334 e. The molecule has 7 nitrogen and oxygen atoms in total. The summed E-state index contributed by atoms with van der Waals surface area (Å²) in [5.41, 5.74) is 0.139. The van der Waals surface area contributed by atoms with Crippen LogP contribution in [0.25, 0.3) is 0 Å². The number of hydrogen-bond donors (Lipinski definition) is 1. The molecule has 9 heteroatoms. The van der Waals surface area contributed by atoms with E-state index in [-0.39, 0.29) is 41.1 Å². The number of hydrogen-bond acceptors (Lipinski definition) is 5. The molecule has 212 valence electrons. The van der Waals surface area contributed by atoms with Gasteiger partial charge in [-0.3, -0.25) is 19.2 Å². The number of carbonyl (C=O) groups excluding carboxylic acids is 3. The SMILES string of the molecule is CCSNC(=O)N(CCCN(C)C)C(=O)C1CC[C@H]2[C@@H]3CCC4N(C)C(=O)CC[C@]4(C)[C@@H]3CC[C@]12C.Cl. The molecule has 0 bridgehead atoms. The van der Waals surface area contributed by atoms with Crippen LogP contribution < -0.4 is 4.72 Å². The zero-order valence-electron chi connectivity index (χ0n) is 23.8. The summed E-state index contributed by atoms with van der Waals surface area (Å²) in [6, 6.07) is 0.101. The number of imide groups is 1. The zero-order chi connectivity index (χ0) is 26.3. The number of nitrogens with one attached hydrogen (secondary N) is 1. The highest BCUT2D eigenvalue weighted by Crippen LogP contribution is 2.66. The molecule has 4 fully saturated rings. The van der Waals surface area contributed by atoms with Gasteiger partial charge in [-0.25, -0.2) is 4.79 Å². The van der Waals surface area contributed by atoms with E-state index < -0.39 is 0 Å². The number of piperidine rings is 1. The van der Waals surface area contributed by atoms with Crippen molar-refractivity contribution in [2.45, 2.75) is 84.6 Å². The van der Waals surface area contributed by atoms with Gasteiger partial charge in [0.2, 0.25) is 11.8 Å². The van der Waals surface area contributed by atoms with Crippen LogP contribution in [0.3, 0.4) is 0 Å². The van der Waals surface area contributed by atoms with Gasteiger partial charge in [0.05, 0.1) is 0 Å². The molecule has 0 radical (unpaired) electrons. The van der Waals surface area contributed by atoms with Crippen LogP contribution in [-0.4, -0.2) is 78.6 Å². The Morgan fingerprint density at radius 2 is 1.73 bits per heavy atom. The predicted octanol–water partition coefficient (Wildman–Crippen LogP) is 5.05. The Hall–Kier alpha value is -0.990. The Kier molecular flexibility index (Phi) is 9.94. The van der Waals surface area contributed by atoms with Crippen molar-refractivity contribution >= 4 is 42.2 Å². The summed E-state index contributed by atoms with van der Waals surface area (Å²) in [6.45, 7) is 8.12. The lowest BCUT2D eigenvalue weighted by Gasteiger charge is -2.61. The van der Waals surface area contributed by atoms with Crippen LogP contribution in [0.1, 0.15) is 78.6 Å². The normalized spacial score (nSPS) is 36.8. The van der Waals surface area contributed by atoms with Gasteiger partial charge < -0.3 is 9.80 Å². The molecule has 1 saturated heterocycles. The molecule has 0 aromatic carbocycles. The van der Waals surface area contributed by atoms with Crippen LogP contribution in [0.5, 0.6) is 0 Å². The second kappa shape index (κ2) is 12.0. The molecule has 2 unspecified atom stereocenters. The van der Waals surface area contributed by atoms with Crippen LogP contribution in [0.4, 0.5) is 4.79 Å². The minimum atomic E-state index is -0.255. The first-order chi connectivity index (χ1) is 17.0. The molecule has 4 rings (SSSR count). The van der Waals surface area contributed by atoms with Gasteiger partial charge in [0.1, 0.15) is 0 Å². The molecular weight excluding hydrogens is 508 g/mol. The predicted molar refractivity (Wildman–Crippen MR) is 152 cm³/mol. The molecule has 1 aliphatic heterocycles. The van der Waals surface area contributed by atoms with E-state index in [1.165, 1.54) is 16.8 Å². The number of nitrogens with zero attached hydrogens (tertiary/aromatic N) is 3. The lowest BCUT2D eigenvalue weighted by atomic mass is 9.47. The Bertz CT molecular complexity index is 859. The summed E-state index contributed by atoms with van der Waals surface area (Å²) in [4.78, 5) is 45.2. The molecule has 3 aliphatic carbocycles. The Morgan fingerprint density at radius 1 is 1.03 bits per heavy atom. The Morgan fingerprint density at radius 3 is 2.41 bits per heavy atom. The van der Waals surface area contributed by atoms with E-state index >= 15 is 0 Å². The van der Waals surface area contributed by atoms with Gasteiger partial charge in [0.15, 0.2) is 0 Å². The van der Waals surface area contributed by atoms with Gasteiger partial charge >= 0.3 is 6.03 Å². The monoisotopic (exact) mass is 556 g/mol. The summed E-state index contributed by atoms with van der Waals surface area (Å²) in [7, 11) is 6.06. The van der Waals surface area contributed by atoms with E-state index in [0.717, 1.165) is 63.7 Å². The average Bonchev–Trinajstić information content (AvgIpc) is 3.19. The van der Waals surface area contributed by atoms with E-state index in [1.807, 2.05) is 33.0 Å². The van der Waals surface area contributed by atoms with Gasteiger partial charge in [-0.15, -0.1) is 12.4 Å². The number of likely N-dealkylation sites (tertiary alicyclic amines) is 1. The maximum atomic E-state index is 14.0. The molecule has 4 amide bonds. The molecule has 4 aliphatic rings. The Balaban J connectivity index is 0.00000380. The van der Waals surface area contributed by atoms with E-state index in [1.54, 1.807) is 0 Å². The van der Waals surface area contributed by atoms with Crippen LogP contribution in [-0.2, 0) is 9.59 Å². The van der Waals surface area contributed by atoms with Crippen molar-refractivity contribution < 1.29 is 14.4 Å². The standard InChI is InChI=1S/C28H48N4O3S.ClH/c1-7-36-29-26(35)32(18-8-17-30(4)5)25(34)22-11-10-20-19-9-12-23-28(3,16-14-24(33)31(23)6)21(19)13-15-27(20,22)2;/h19-23H,7-18H2,1-6H3,(H,29,35);1H/t19-,20-,21+,22?,23?,27-,28+;/m0./s1. The molecule has 1 heterocycles. The molecular formula is C28H49ClN4O3S. The lowest BCUT2D eigenvalue weighted by molar-refractivity contribution is -0.160. The van der Waals surface area contributed by atoms with E-state index in [4.69, 9.17) is 0 Å². The van der Waals surface area contributed by atoms with Gasteiger partial charge in [0.25, 0.3) is 0 Å². The second-order valence-electron chi connectivity index (χ2n) is 12.6. The molecule has 37 heavy (non-hydrogen) atoms. The fourth-order valence-electron chi connectivity index (χ4n) is 8.79. The summed E-state index contributed by atoms with van der Waals surface area (Å²) < 4.78 is 2.89. The minimum absolute atomic E-state index is 0. The van der Waals surface area contributed by atoms with Crippen molar-refractivity contribution in [3.63, 3.8) is 0 Å².